The Bertz CT molecular complexity index is 369. The summed E-state index contributed by atoms with van der Waals surface area (Å²) in [6.45, 7) is 2.14. The van der Waals surface area contributed by atoms with Crippen molar-refractivity contribution in [2.24, 2.45) is 5.73 Å². The minimum atomic E-state index is -0.400. The number of hydrogen-bond acceptors (Lipinski definition) is 4. The number of thiocarbonyl (C=S) groups is 1. The summed E-state index contributed by atoms with van der Waals surface area (Å²) >= 11 is 4.75. The second-order valence-corrected chi connectivity index (χ2v) is 3.76. The molecule has 0 aliphatic carbocycles. The lowest BCUT2D eigenvalue weighted by Crippen LogP contribution is -2.25. The van der Waals surface area contributed by atoms with Crippen molar-refractivity contribution in [2.45, 2.75) is 13.3 Å². The van der Waals surface area contributed by atoms with Crippen LogP contribution in [-0.4, -0.2) is 28.5 Å². The highest BCUT2D eigenvalue weighted by Crippen LogP contribution is 2.15. The van der Waals surface area contributed by atoms with E-state index in [0.29, 0.717) is 23.6 Å². The van der Waals surface area contributed by atoms with Crippen LogP contribution in [0.5, 0.6) is 0 Å². The van der Waals surface area contributed by atoms with E-state index >= 15 is 0 Å². The third kappa shape index (κ3) is 3.09. The maximum atomic E-state index is 13.5. The first-order valence-electron chi connectivity index (χ1n) is 4.49. The average molecular weight is 228 g/mol. The van der Waals surface area contributed by atoms with Crippen LogP contribution >= 0.6 is 12.2 Å². The Balaban J connectivity index is 2.77. The van der Waals surface area contributed by atoms with E-state index in [1.807, 2.05) is 0 Å². The molecule has 0 saturated heterocycles. The predicted molar refractivity (Wildman–Crippen MR) is 61.4 cm³/mol. The van der Waals surface area contributed by atoms with E-state index in [9.17, 15) is 4.39 Å². The molecule has 0 saturated carbocycles. The molecule has 1 aromatic rings. The molecular formula is C9H13FN4S. The molecule has 4 nitrogen and oxygen atoms in total. The molecule has 0 aliphatic heterocycles. The second kappa shape index (κ2) is 4.97. The third-order valence-corrected chi connectivity index (χ3v) is 2.20. The van der Waals surface area contributed by atoms with Crippen molar-refractivity contribution >= 4 is 23.0 Å². The number of nitrogens with zero attached hydrogens (tertiary/aromatic N) is 3. The maximum Gasteiger partial charge on any atom is 0.186 e. The highest BCUT2D eigenvalue weighted by atomic mass is 32.1. The standard InChI is InChI=1S/C9H13FN4S/c1-6-8(10)9(13-5-12-6)14(2)4-3-7(11)15/h5H,3-4H2,1-2H3,(H2,11,15). The van der Waals surface area contributed by atoms with E-state index in [1.165, 1.54) is 6.33 Å². The van der Waals surface area contributed by atoms with Crippen LogP contribution in [0, 0.1) is 12.7 Å². The lowest BCUT2D eigenvalue weighted by atomic mass is 10.3. The number of hydrogen-bond donors (Lipinski definition) is 1. The zero-order chi connectivity index (χ0) is 11.4. The van der Waals surface area contributed by atoms with Crippen molar-refractivity contribution in [3.8, 4) is 0 Å². The van der Waals surface area contributed by atoms with Crippen molar-refractivity contribution in [1.29, 1.82) is 0 Å². The van der Waals surface area contributed by atoms with Crippen LogP contribution in [0.3, 0.4) is 0 Å². The van der Waals surface area contributed by atoms with Gasteiger partial charge in [0.1, 0.15) is 6.33 Å². The Morgan fingerprint density at radius 3 is 2.87 bits per heavy atom. The number of halogens is 1. The summed E-state index contributed by atoms with van der Waals surface area (Å²) < 4.78 is 13.5. The van der Waals surface area contributed by atoms with E-state index in [0.717, 1.165) is 0 Å². The zero-order valence-corrected chi connectivity index (χ0v) is 9.51. The Morgan fingerprint density at radius 1 is 1.60 bits per heavy atom. The van der Waals surface area contributed by atoms with Gasteiger partial charge in [-0.3, -0.25) is 0 Å². The summed E-state index contributed by atoms with van der Waals surface area (Å²) in [5.41, 5.74) is 5.70. The number of aryl methyl sites for hydroxylation is 1. The van der Waals surface area contributed by atoms with Gasteiger partial charge in [-0.05, 0) is 6.92 Å². The van der Waals surface area contributed by atoms with Crippen LogP contribution in [-0.2, 0) is 0 Å². The van der Waals surface area contributed by atoms with E-state index in [4.69, 9.17) is 18.0 Å². The van der Waals surface area contributed by atoms with Gasteiger partial charge in [0.05, 0.1) is 10.7 Å². The normalized spacial score (nSPS) is 10.1. The first-order chi connectivity index (χ1) is 7.02. The molecule has 1 rings (SSSR count). The van der Waals surface area contributed by atoms with Crippen molar-refractivity contribution < 1.29 is 4.39 Å². The van der Waals surface area contributed by atoms with Gasteiger partial charge < -0.3 is 10.6 Å². The SMILES string of the molecule is Cc1ncnc(N(C)CCC(N)=S)c1F. The van der Waals surface area contributed by atoms with Gasteiger partial charge in [0.15, 0.2) is 11.6 Å². The summed E-state index contributed by atoms with van der Waals surface area (Å²) in [5, 5.41) is 0. The van der Waals surface area contributed by atoms with Crippen molar-refractivity contribution in [3.05, 3.63) is 17.8 Å². The number of nitrogens with two attached hydrogens (primary N) is 1. The fourth-order valence-electron chi connectivity index (χ4n) is 1.10. The van der Waals surface area contributed by atoms with Gasteiger partial charge in [0.2, 0.25) is 0 Å². The number of anilines is 1. The minimum absolute atomic E-state index is 0.277. The van der Waals surface area contributed by atoms with Gasteiger partial charge in [0, 0.05) is 20.0 Å². The lowest BCUT2D eigenvalue weighted by molar-refractivity contribution is 0.596. The molecule has 0 unspecified atom stereocenters. The minimum Gasteiger partial charge on any atom is -0.393 e. The van der Waals surface area contributed by atoms with Crippen LogP contribution in [0.1, 0.15) is 12.1 Å². The summed E-state index contributed by atoms with van der Waals surface area (Å²) in [6.07, 6.45) is 1.87. The molecule has 82 valence electrons. The smallest absolute Gasteiger partial charge is 0.186 e. The Morgan fingerprint density at radius 2 is 2.27 bits per heavy atom. The molecule has 0 aromatic carbocycles. The van der Waals surface area contributed by atoms with E-state index in [-0.39, 0.29) is 5.82 Å². The molecule has 6 heteroatoms. The fourth-order valence-corrected chi connectivity index (χ4v) is 1.19. The lowest BCUT2D eigenvalue weighted by Gasteiger charge is -2.18. The topological polar surface area (TPSA) is 55.0 Å². The van der Waals surface area contributed by atoms with Crippen LogP contribution in [0.2, 0.25) is 0 Å². The molecule has 0 fully saturated rings. The molecule has 1 aromatic heterocycles. The van der Waals surface area contributed by atoms with Crippen LogP contribution in [0.25, 0.3) is 0 Å². The third-order valence-electron chi connectivity index (χ3n) is 2.00. The van der Waals surface area contributed by atoms with Gasteiger partial charge in [-0.25, -0.2) is 14.4 Å². The van der Waals surface area contributed by atoms with E-state index in [1.54, 1.807) is 18.9 Å². The molecule has 15 heavy (non-hydrogen) atoms. The van der Waals surface area contributed by atoms with Gasteiger partial charge in [0.25, 0.3) is 0 Å². The quantitative estimate of drug-likeness (QED) is 0.780. The molecule has 1 heterocycles. The predicted octanol–water partition coefficient (Wildman–Crippen LogP) is 1.04. The molecule has 0 bridgehead atoms. The molecule has 0 radical (unpaired) electrons. The zero-order valence-electron chi connectivity index (χ0n) is 8.70. The second-order valence-electron chi connectivity index (χ2n) is 3.23. The van der Waals surface area contributed by atoms with Crippen LogP contribution in [0.15, 0.2) is 6.33 Å². The molecule has 0 spiro atoms. The first kappa shape index (κ1) is 11.8. The maximum absolute atomic E-state index is 13.5. The largest absolute Gasteiger partial charge is 0.393 e. The Kier molecular flexibility index (Phi) is 3.90. The summed E-state index contributed by atoms with van der Waals surface area (Å²) in [5.74, 6) is -0.123. The monoisotopic (exact) mass is 228 g/mol. The Hall–Kier alpha value is -1.30. The van der Waals surface area contributed by atoms with E-state index in [2.05, 4.69) is 9.97 Å². The van der Waals surface area contributed by atoms with Crippen LogP contribution < -0.4 is 10.6 Å². The van der Waals surface area contributed by atoms with Crippen molar-refractivity contribution in [1.82, 2.24) is 9.97 Å². The summed E-state index contributed by atoms with van der Waals surface area (Å²) in [6, 6.07) is 0. The molecular weight excluding hydrogens is 215 g/mol. The van der Waals surface area contributed by atoms with Gasteiger partial charge in [-0.2, -0.15) is 0 Å². The van der Waals surface area contributed by atoms with Gasteiger partial charge in [-0.15, -0.1) is 0 Å². The van der Waals surface area contributed by atoms with E-state index < -0.39 is 5.82 Å². The van der Waals surface area contributed by atoms with Crippen molar-refractivity contribution in [2.75, 3.05) is 18.5 Å². The van der Waals surface area contributed by atoms with Crippen LogP contribution in [0.4, 0.5) is 10.2 Å². The Labute approximate surface area is 93.3 Å². The van der Waals surface area contributed by atoms with Gasteiger partial charge >= 0.3 is 0 Å². The number of aromatic nitrogens is 2. The highest BCUT2D eigenvalue weighted by Gasteiger charge is 2.11. The summed E-state index contributed by atoms with van der Waals surface area (Å²) in [4.78, 5) is 9.71. The van der Waals surface area contributed by atoms with Crippen molar-refractivity contribution in [3.63, 3.8) is 0 Å². The average Bonchev–Trinajstić information content (AvgIpc) is 2.18. The molecule has 0 atom stereocenters. The molecule has 0 amide bonds. The van der Waals surface area contributed by atoms with Gasteiger partial charge in [-0.1, -0.05) is 12.2 Å². The molecule has 2 N–H and O–H groups in total. The summed E-state index contributed by atoms with van der Waals surface area (Å²) in [7, 11) is 1.74. The fraction of sp³-hybridized carbons (Fsp3) is 0.444. The first-order valence-corrected chi connectivity index (χ1v) is 4.89. The number of rotatable bonds is 4. The molecule has 0 aliphatic rings. The highest BCUT2D eigenvalue weighted by molar-refractivity contribution is 7.80.